The second kappa shape index (κ2) is 8.66. The third-order valence-electron chi connectivity index (χ3n) is 5.19. The van der Waals surface area contributed by atoms with E-state index in [1.807, 2.05) is 0 Å². The van der Waals surface area contributed by atoms with E-state index in [0.29, 0.717) is 18.6 Å². The molecule has 4 heteroatoms. The van der Waals surface area contributed by atoms with Crippen LogP contribution in [0.1, 0.15) is 101 Å². The van der Waals surface area contributed by atoms with Crippen LogP contribution in [0.3, 0.4) is 0 Å². The first-order chi connectivity index (χ1) is 10.9. The van der Waals surface area contributed by atoms with Gasteiger partial charge in [0.05, 0.1) is 6.10 Å². The van der Waals surface area contributed by atoms with Gasteiger partial charge in [0.15, 0.2) is 5.82 Å². The molecule has 0 bridgehead atoms. The van der Waals surface area contributed by atoms with Gasteiger partial charge in [0.2, 0.25) is 5.89 Å². The minimum Gasteiger partial charge on any atom is -0.370 e. The van der Waals surface area contributed by atoms with E-state index >= 15 is 0 Å². The lowest BCUT2D eigenvalue weighted by Gasteiger charge is -2.19. The van der Waals surface area contributed by atoms with E-state index in [-0.39, 0.29) is 0 Å². The van der Waals surface area contributed by atoms with Crippen LogP contribution in [-0.2, 0) is 11.3 Å². The highest BCUT2D eigenvalue weighted by molar-refractivity contribution is 4.94. The standard InChI is InChI=1S/C18H30N2O2/c1-2-8-12-16(13-9-3-1)21-14-17-19-18(22-20-17)15-10-6-4-5-7-11-15/h15-16H,1-14H2. The van der Waals surface area contributed by atoms with Gasteiger partial charge < -0.3 is 9.26 Å². The first-order valence-corrected chi connectivity index (χ1v) is 9.36. The van der Waals surface area contributed by atoms with Gasteiger partial charge in [-0.05, 0) is 25.7 Å². The van der Waals surface area contributed by atoms with Gasteiger partial charge in [-0.3, -0.25) is 0 Å². The van der Waals surface area contributed by atoms with Crippen LogP contribution in [-0.4, -0.2) is 16.2 Å². The van der Waals surface area contributed by atoms with Crippen LogP contribution in [0.15, 0.2) is 4.52 Å². The smallest absolute Gasteiger partial charge is 0.229 e. The molecule has 0 saturated heterocycles. The Hall–Kier alpha value is -0.900. The Kier molecular flexibility index (Phi) is 6.29. The molecule has 3 rings (SSSR count). The molecule has 2 aliphatic rings. The van der Waals surface area contributed by atoms with Crippen molar-refractivity contribution >= 4 is 0 Å². The molecule has 0 N–H and O–H groups in total. The van der Waals surface area contributed by atoms with Crippen LogP contribution in [0, 0.1) is 0 Å². The van der Waals surface area contributed by atoms with Crippen LogP contribution in [0.5, 0.6) is 0 Å². The second-order valence-electron chi connectivity index (χ2n) is 7.02. The van der Waals surface area contributed by atoms with Gasteiger partial charge in [0, 0.05) is 5.92 Å². The van der Waals surface area contributed by atoms with Crippen molar-refractivity contribution in [3.05, 3.63) is 11.7 Å². The number of rotatable bonds is 4. The molecule has 1 aromatic heterocycles. The van der Waals surface area contributed by atoms with E-state index in [2.05, 4.69) is 10.1 Å². The van der Waals surface area contributed by atoms with E-state index in [9.17, 15) is 0 Å². The molecule has 0 atom stereocenters. The first-order valence-electron chi connectivity index (χ1n) is 9.36. The summed E-state index contributed by atoms with van der Waals surface area (Å²) in [5.74, 6) is 2.06. The molecule has 1 aromatic rings. The van der Waals surface area contributed by atoms with Crippen molar-refractivity contribution in [2.45, 2.75) is 102 Å². The summed E-state index contributed by atoms with van der Waals surface area (Å²) in [5.41, 5.74) is 0. The predicted molar refractivity (Wildman–Crippen MR) is 85.6 cm³/mol. The molecule has 2 fully saturated rings. The Bertz CT molecular complexity index is 416. The monoisotopic (exact) mass is 306 g/mol. The van der Waals surface area contributed by atoms with Crippen molar-refractivity contribution in [1.29, 1.82) is 0 Å². The van der Waals surface area contributed by atoms with Crippen LogP contribution in [0.2, 0.25) is 0 Å². The molecule has 2 aliphatic carbocycles. The van der Waals surface area contributed by atoms with E-state index in [1.54, 1.807) is 0 Å². The molecule has 0 spiro atoms. The number of ether oxygens (including phenoxy) is 1. The molecule has 2 saturated carbocycles. The largest absolute Gasteiger partial charge is 0.370 e. The molecule has 0 radical (unpaired) electrons. The second-order valence-corrected chi connectivity index (χ2v) is 7.02. The van der Waals surface area contributed by atoms with Crippen molar-refractivity contribution in [2.75, 3.05) is 0 Å². The van der Waals surface area contributed by atoms with Gasteiger partial charge in [-0.25, -0.2) is 0 Å². The zero-order valence-electron chi connectivity index (χ0n) is 13.8. The number of nitrogens with zero attached hydrogens (tertiary/aromatic N) is 2. The minimum atomic E-state index is 0.389. The SMILES string of the molecule is C1CCCC(OCc2noc(C3CCCCCC3)n2)CCC1. The lowest BCUT2D eigenvalue weighted by Crippen LogP contribution is -2.15. The van der Waals surface area contributed by atoms with E-state index in [1.165, 1.54) is 83.5 Å². The van der Waals surface area contributed by atoms with Gasteiger partial charge in [0.25, 0.3) is 0 Å². The Balaban J connectivity index is 1.48. The molecule has 124 valence electrons. The fraction of sp³-hybridized carbons (Fsp3) is 0.889. The maximum atomic E-state index is 6.04. The normalized spacial score (nSPS) is 22.9. The van der Waals surface area contributed by atoms with E-state index in [0.717, 1.165) is 11.7 Å². The Morgan fingerprint density at radius 2 is 1.41 bits per heavy atom. The minimum absolute atomic E-state index is 0.389. The summed E-state index contributed by atoms with van der Waals surface area (Å²) >= 11 is 0. The zero-order chi connectivity index (χ0) is 15.0. The molecule has 1 heterocycles. The fourth-order valence-electron chi connectivity index (χ4n) is 3.80. The molecule has 22 heavy (non-hydrogen) atoms. The van der Waals surface area contributed by atoms with Gasteiger partial charge in [-0.15, -0.1) is 0 Å². The van der Waals surface area contributed by atoms with Gasteiger partial charge in [-0.2, -0.15) is 4.98 Å². The fourth-order valence-corrected chi connectivity index (χ4v) is 3.80. The zero-order valence-corrected chi connectivity index (χ0v) is 13.8. The van der Waals surface area contributed by atoms with Gasteiger partial charge in [0.1, 0.15) is 6.61 Å². The summed E-state index contributed by atoms with van der Waals surface area (Å²) in [6.07, 6.45) is 17.1. The maximum absolute atomic E-state index is 6.04. The summed E-state index contributed by atoms with van der Waals surface area (Å²) in [7, 11) is 0. The van der Waals surface area contributed by atoms with Crippen LogP contribution in [0.4, 0.5) is 0 Å². The number of aromatic nitrogens is 2. The van der Waals surface area contributed by atoms with E-state index in [4.69, 9.17) is 9.26 Å². The van der Waals surface area contributed by atoms with Crippen LogP contribution >= 0.6 is 0 Å². The molecular weight excluding hydrogens is 276 g/mol. The molecule has 0 unspecified atom stereocenters. The Morgan fingerprint density at radius 1 is 0.818 bits per heavy atom. The van der Waals surface area contributed by atoms with Crippen molar-refractivity contribution in [3.8, 4) is 0 Å². The van der Waals surface area contributed by atoms with Crippen molar-refractivity contribution in [3.63, 3.8) is 0 Å². The third kappa shape index (κ3) is 4.80. The van der Waals surface area contributed by atoms with E-state index < -0.39 is 0 Å². The summed E-state index contributed by atoms with van der Waals surface area (Å²) in [6, 6.07) is 0. The topological polar surface area (TPSA) is 48.2 Å². The summed E-state index contributed by atoms with van der Waals surface area (Å²) in [6.45, 7) is 0.515. The summed E-state index contributed by atoms with van der Waals surface area (Å²) < 4.78 is 11.5. The average molecular weight is 306 g/mol. The lowest BCUT2D eigenvalue weighted by molar-refractivity contribution is 0.0194. The highest BCUT2D eigenvalue weighted by atomic mass is 16.5. The van der Waals surface area contributed by atoms with Crippen LogP contribution in [0.25, 0.3) is 0 Å². The summed E-state index contributed by atoms with van der Waals surface area (Å²) in [4.78, 5) is 4.60. The van der Waals surface area contributed by atoms with Crippen LogP contribution < -0.4 is 0 Å². The Labute approximate surface area is 134 Å². The molecule has 0 amide bonds. The number of hydrogen-bond acceptors (Lipinski definition) is 4. The first kappa shape index (κ1) is 16.0. The molecule has 4 nitrogen and oxygen atoms in total. The summed E-state index contributed by atoms with van der Waals surface area (Å²) in [5, 5.41) is 4.14. The quantitative estimate of drug-likeness (QED) is 0.723. The molecular formula is C18H30N2O2. The van der Waals surface area contributed by atoms with Crippen molar-refractivity contribution in [2.24, 2.45) is 0 Å². The highest BCUT2D eigenvalue weighted by Gasteiger charge is 2.21. The van der Waals surface area contributed by atoms with Crippen molar-refractivity contribution in [1.82, 2.24) is 10.1 Å². The maximum Gasteiger partial charge on any atom is 0.229 e. The van der Waals surface area contributed by atoms with Gasteiger partial charge >= 0.3 is 0 Å². The average Bonchev–Trinajstić information content (AvgIpc) is 2.80. The molecule has 0 aromatic carbocycles. The highest BCUT2D eigenvalue weighted by Crippen LogP contribution is 2.30. The molecule has 0 aliphatic heterocycles. The van der Waals surface area contributed by atoms with Crippen molar-refractivity contribution < 1.29 is 9.26 Å². The Morgan fingerprint density at radius 3 is 2.09 bits per heavy atom. The van der Waals surface area contributed by atoms with Gasteiger partial charge in [-0.1, -0.05) is 62.9 Å². The third-order valence-corrected chi connectivity index (χ3v) is 5.19. The number of hydrogen-bond donors (Lipinski definition) is 0. The lowest BCUT2D eigenvalue weighted by atomic mass is 9.99. The predicted octanol–water partition coefficient (Wildman–Crippen LogP) is 5.14.